The molecule has 0 atom stereocenters. The number of para-hydroxylation sites is 1. The van der Waals surface area contributed by atoms with Crippen molar-refractivity contribution in [3.05, 3.63) is 58.3 Å². The number of hydrogen-bond acceptors (Lipinski definition) is 4. The van der Waals surface area contributed by atoms with E-state index in [9.17, 15) is 8.42 Å². The molecule has 112 valence electrons. The summed E-state index contributed by atoms with van der Waals surface area (Å²) in [5, 5.41) is 1.14. The third-order valence-electron chi connectivity index (χ3n) is 2.92. The Balaban J connectivity index is 1.98. The average molecular weight is 399 g/mol. The second-order valence-electron chi connectivity index (χ2n) is 4.43. The van der Waals surface area contributed by atoms with E-state index in [1.165, 1.54) is 18.3 Å². The number of nitrogens with one attached hydrogen (secondary N) is 1. The number of nitrogens with zero attached hydrogens (tertiary/aromatic N) is 2. The fourth-order valence-electron chi connectivity index (χ4n) is 1.89. The van der Waals surface area contributed by atoms with Crippen LogP contribution in [0.1, 0.15) is 0 Å². The Kier molecular flexibility index (Phi) is 4.03. The summed E-state index contributed by atoms with van der Waals surface area (Å²) < 4.78 is 27.8. The van der Waals surface area contributed by atoms with E-state index in [1.54, 1.807) is 12.1 Å². The lowest BCUT2D eigenvalue weighted by atomic mass is 10.2. The van der Waals surface area contributed by atoms with Crippen molar-refractivity contribution in [2.75, 3.05) is 4.72 Å². The van der Waals surface area contributed by atoms with E-state index in [2.05, 4.69) is 30.6 Å². The topological polar surface area (TPSA) is 72.0 Å². The SMILES string of the molecule is O=S(=O)(Nc1ccc2cccc(Br)c2n1)c1ccc(Cl)nc1. The van der Waals surface area contributed by atoms with Crippen LogP contribution in [-0.4, -0.2) is 18.4 Å². The quantitative estimate of drug-likeness (QED) is 0.680. The fourth-order valence-corrected chi connectivity index (χ4v) is 3.41. The summed E-state index contributed by atoms with van der Waals surface area (Å²) in [6.45, 7) is 0. The largest absolute Gasteiger partial charge is 0.264 e. The number of sulfonamides is 1. The van der Waals surface area contributed by atoms with Gasteiger partial charge in [-0.15, -0.1) is 0 Å². The van der Waals surface area contributed by atoms with Gasteiger partial charge < -0.3 is 0 Å². The van der Waals surface area contributed by atoms with Gasteiger partial charge in [0.2, 0.25) is 0 Å². The predicted molar refractivity (Wildman–Crippen MR) is 89.5 cm³/mol. The monoisotopic (exact) mass is 397 g/mol. The number of halogens is 2. The minimum atomic E-state index is -3.76. The van der Waals surface area contributed by atoms with E-state index in [4.69, 9.17) is 11.6 Å². The second-order valence-corrected chi connectivity index (χ2v) is 7.35. The highest BCUT2D eigenvalue weighted by Gasteiger charge is 2.15. The summed E-state index contributed by atoms with van der Waals surface area (Å²) >= 11 is 9.06. The molecule has 1 aromatic carbocycles. The summed E-state index contributed by atoms with van der Waals surface area (Å²) in [6.07, 6.45) is 1.20. The Morgan fingerprint density at radius 3 is 2.64 bits per heavy atom. The molecule has 2 aromatic heterocycles. The summed E-state index contributed by atoms with van der Waals surface area (Å²) in [7, 11) is -3.76. The Morgan fingerprint density at radius 2 is 1.91 bits per heavy atom. The van der Waals surface area contributed by atoms with Gasteiger partial charge in [-0.2, -0.15) is 0 Å². The number of anilines is 1. The maximum Gasteiger partial charge on any atom is 0.264 e. The fraction of sp³-hybridized carbons (Fsp3) is 0. The van der Waals surface area contributed by atoms with Crippen molar-refractivity contribution in [3.8, 4) is 0 Å². The van der Waals surface area contributed by atoms with E-state index >= 15 is 0 Å². The molecule has 0 aliphatic carbocycles. The summed E-state index contributed by atoms with van der Waals surface area (Å²) in [5.41, 5.74) is 0.678. The van der Waals surface area contributed by atoms with Gasteiger partial charge in [-0.25, -0.2) is 18.4 Å². The van der Waals surface area contributed by atoms with Crippen LogP contribution in [0, 0.1) is 0 Å². The summed E-state index contributed by atoms with van der Waals surface area (Å²) in [4.78, 5) is 8.11. The van der Waals surface area contributed by atoms with Gasteiger partial charge >= 0.3 is 0 Å². The molecule has 0 bridgehead atoms. The number of pyridine rings is 2. The zero-order valence-electron chi connectivity index (χ0n) is 11.0. The lowest BCUT2D eigenvalue weighted by Gasteiger charge is -2.08. The molecule has 1 N–H and O–H groups in total. The van der Waals surface area contributed by atoms with Gasteiger partial charge in [-0.3, -0.25) is 4.72 Å². The smallest absolute Gasteiger partial charge is 0.263 e. The van der Waals surface area contributed by atoms with Gasteiger partial charge in [0.05, 0.1) is 5.52 Å². The molecule has 0 aliphatic heterocycles. The molecule has 0 saturated heterocycles. The van der Waals surface area contributed by atoms with E-state index < -0.39 is 10.0 Å². The van der Waals surface area contributed by atoms with Gasteiger partial charge in [0.15, 0.2) is 0 Å². The number of hydrogen-bond donors (Lipinski definition) is 1. The van der Waals surface area contributed by atoms with Crippen molar-refractivity contribution in [2.24, 2.45) is 0 Å². The van der Waals surface area contributed by atoms with Crippen molar-refractivity contribution >= 4 is 54.3 Å². The minimum Gasteiger partial charge on any atom is -0.263 e. The van der Waals surface area contributed by atoms with Gasteiger partial charge in [-0.1, -0.05) is 23.7 Å². The number of benzene rings is 1. The molecule has 0 radical (unpaired) electrons. The highest BCUT2D eigenvalue weighted by Crippen LogP contribution is 2.24. The molecule has 0 saturated carbocycles. The third kappa shape index (κ3) is 3.06. The predicted octanol–water partition coefficient (Wildman–Crippen LogP) is 3.85. The van der Waals surface area contributed by atoms with Crippen LogP contribution in [0.15, 0.2) is 58.0 Å². The molecule has 3 aromatic rings. The molecule has 0 spiro atoms. The lowest BCUT2D eigenvalue weighted by Crippen LogP contribution is -2.14. The Bertz CT molecular complexity index is 946. The first-order valence-corrected chi connectivity index (χ1v) is 8.81. The first kappa shape index (κ1) is 15.2. The standard InChI is InChI=1S/C14H9BrClN3O2S/c15-11-3-1-2-9-4-7-13(18-14(9)11)19-22(20,21)10-5-6-12(16)17-8-10/h1-8H,(H,18,19). The minimum absolute atomic E-state index is 0.0194. The molecule has 3 rings (SSSR count). The van der Waals surface area contributed by atoms with E-state index in [1.807, 2.05) is 18.2 Å². The van der Waals surface area contributed by atoms with E-state index in [0.717, 1.165) is 9.86 Å². The van der Waals surface area contributed by atoms with Crippen LogP contribution in [-0.2, 0) is 10.0 Å². The zero-order valence-corrected chi connectivity index (χ0v) is 14.2. The first-order valence-electron chi connectivity index (χ1n) is 6.15. The van der Waals surface area contributed by atoms with Gasteiger partial charge in [0, 0.05) is 16.1 Å². The lowest BCUT2D eigenvalue weighted by molar-refractivity contribution is 0.600. The van der Waals surface area contributed by atoms with Crippen molar-refractivity contribution in [1.29, 1.82) is 0 Å². The average Bonchev–Trinajstić information content (AvgIpc) is 2.48. The van der Waals surface area contributed by atoms with Crippen LogP contribution in [0.5, 0.6) is 0 Å². The number of aromatic nitrogens is 2. The van der Waals surface area contributed by atoms with Crippen molar-refractivity contribution in [2.45, 2.75) is 4.90 Å². The Morgan fingerprint density at radius 1 is 1.09 bits per heavy atom. The van der Waals surface area contributed by atoms with Crippen LogP contribution in [0.4, 0.5) is 5.82 Å². The van der Waals surface area contributed by atoms with E-state index in [-0.39, 0.29) is 15.9 Å². The normalized spacial score (nSPS) is 11.5. The molecule has 5 nitrogen and oxygen atoms in total. The van der Waals surface area contributed by atoms with Crippen LogP contribution in [0.25, 0.3) is 10.9 Å². The highest BCUT2D eigenvalue weighted by molar-refractivity contribution is 9.10. The number of rotatable bonds is 3. The van der Waals surface area contributed by atoms with Crippen molar-refractivity contribution in [1.82, 2.24) is 9.97 Å². The summed E-state index contributed by atoms with van der Waals surface area (Å²) in [6, 6.07) is 11.8. The number of fused-ring (bicyclic) bond motifs is 1. The third-order valence-corrected chi connectivity index (χ3v) is 5.12. The first-order chi connectivity index (χ1) is 10.5. The maximum absolute atomic E-state index is 12.3. The van der Waals surface area contributed by atoms with Crippen LogP contribution in [0.3, 0.4) is 0 Å². The Hall–Kier alpha value is -1.70. The molecular formula is C14H9BrClN3O2S. The van der Waals surface area contributed by atoms with Crippen LogP contribution >= 0.6 is 27.5 Å². The molecule has 2 heterocycles. The molecular weight excluding hydrogens is 390 g/mol. The van der Waals surface area contributed by atoms with Crippen LogP contribution < -0.4 is 4.72 Å². The zero-order chi connectivity index (χ0) is 15.7. The molecule has 8 heteroatoms. The molecule has 0 fully saturated rings. The maximum atomic E-state index is 12.3. The Labute approximate surface area is 140 Å². The second kappa shape index (κ2) is 5.83. The molecule has 0 amide bonds. The summed E-state index contributed by atoms with van der Waals surface area (Å²) in [5.74, 6) is 0.231. The van der Waals surface area contributed by atoms with Gasteiger partial charge in [-0.05, 0) is 46.3 Å². The van der Waals surface area contributed by atoms with Crippen molar-refractivity contribution < 1.29 is 8.42 Å². The molecule has 0 aliphatic rings. The highest BCUT2D eigenvalue weighted by atomic mass is 79.9. The van der Waals surface area contributed by atoms with Crippen LogP contribution in [0.2, 0.25) is 5.15 Å². The molecule has 0 unspecified atom stereocenters. The van der Waals surface area contributed by atoms with Gasteiger partial charge in [0.25, 0.3) is 10.0 Å². The molecule has 22 heavy (non-hydrogen) atoms. The van der Waals surface area contributed by atoms with Crippen molar-refractivity contribution in [3.63, 3.8) is 0 Å². The van der Waals surface area contributed by atoms with Gasteiger partial charge in [0.1, 0.15) is 15.9 Å². The van der Waals surface area contributed by atoms with E-state index in [0.29, 0.717) is 5.52 Å².